The molecule has 4 rings (SSSR count). The number of carbonyl (C=O) groups is 1. The lowest BCUT2D eigenvalue weighted by Crippen LogP contribution is -2.49. The molecule has 2 aromatic carbocycles. The molecule has 0 bridgehead atoms. The van der Waals surface area contributed by atoms with Crippen LogP contribution in [-0.4, -0.2) is 45.6 Å². The zero-order valence-electron chi connectivity index (χ0n) is 17.1. The molecule has 31 heavy (non-hydrogen) atoms. The molecule has 2 aromatic rings. The summed E-state index contributed by atoms with van der Waals surface area (Å²) in [6, 6.07) is 10.7. The molecule has 2 aliphatic heterocycles. The van der Waals surface area contributed by atoms with Crippen molar-refractivity contribution >= 4 is 21.8 Å². The van der Waals surface area contributed by atoms with Crippen molar-refractivity contribution in [3.63, 3.8) is 0 Å². The summed E-state index contributed by atoms with van der Waals surface area (Å²) in [6.45, 7) is 0.929. The monoisotopic (exact) mass is 449 g/mol. The van der Waals surface area contributed by atoms with E-state index in [4.69, 9.17) is 9.47 Å². The number of anilines is 1. The number of carbonyl (C=O) groups excluding carboxylic acids is 1. The number of fused-ring (bicyclic) bond motifs is 1. The summed E-state index contributed by atoms with van der Waals surface area (Å²) in [4.78, 5) is 12.7. The Kier molecular flexibility index (Phi) is 6.01. The van der Waals surface area contributed by atoms with Gasteiger partial charge in [0.2, 0.25) is 12.7 Å². The Bertz CT molecular complexity index is 1060. The number of hydrogen-bond donors (Lipinski definition) is 1. The van der Waals surface area contributed by atoms with Gasteiger partial charge in [0.15, 0.2) is 11.5 Å². The van der Waals surface area contributed by atoms with Gasteiger partial charge in [0, 0.05) is 26.7 Å². The van der Waals surface area contributed by atoms with Crippen molar-refractivity contribution in [1.29, 1.82) is 0 Å². The van der Waals surface area contributed by atoms with Gasteiger partial charge < -0.3 is 14.8 Å². The number of nitrogens with one attached hydrogen (secondary N) is 1. The molecule has 1 fully saturated rings. The van der Waals surface area contributed by atoms with Crippen molar-refractivity contribution in [1.82, 2.24) is 9.62 Å². The van der Waals surface area contributed by atoms with Gasteiger partial charge in [0.25, 0.3) is 0 Å². The van der Waals surface area contributed by atoms with E-state index in [1.165, 1.54) is 35.6 Å². The second-order valence-corrected chi connectivity index (χ2v) is 9.51. The minimum Gasteiger partial charge on any atom is -0.454 e. The van der Waals surface area contributed by atoms with Crippen LogP contribution in [0.15, 0.2) is 42.5 Å². The first-order valence-electron chi connectivity index (χ1n) is 10.0. The second kappa shape index (κ2) is 8.72. The molecule has 1 amide bonds. The Hall–Kier alpha value is -2.85. The highest BCUT2D eigenvalue weighted by molar-refractivity contribution is 7.90. The maximum atomic E-state index is 13.2. The Morgan fingerprint density at radius 2 is 1.94 bits per heavy atom. The van der Waals surface area contributed by atoms with E-state index in [1.54, 1.807) is 6.07 Å². The summed E-state index contributed by atoms with van der Waals surface area (Å²) in [7, 11) is -2.41. The number of rotatable bonds is 6. The molecule has 1 atom stereocenters. The summed E-state index contributed by atoms with van der Waals surface area (Å²) in [5.74, 6) is 0.242. The maximum absolute atomic E-state index is 13.2. The van der Waals surface area contributed by atoms with E-state index in [2.05, 4.69) is 5.32 Å². The van der Waals surface area contributed by atoms with Gasteiger partial charge in [-0.15, -0.1) is 0 Å². The van der Waals surface area contributed by atoms with Crippen LogP contribution < -0.4 is 19.1 Å². The maximum Gasteiger partial charge on any atom is 0.303 e. The van der Waals surface area contributed by atoms with E-state index < -0.39 is 21.9 Å². The molecule has 1 saturated heterocycles. The van der Waals surface area contributed by atoms with Crippen molar-refractivity contribution in [2.24, 2.45) is 5.92 Å². The van der Waals surface area contributed by atoms with Crippen molar-refractivity contribution in [2.75, 3.05) is 31.2 Å². The van der Waals surface area contributed by atoms with Gasteiger partial charge in [0.05, 0.1) is 11.6 Å². The molecule has 2 aliphatic rings. The van der Waals surface area contributed by atoms with Crippen molar-refractivity contribution < 1.29 is 27.1 Å². The van der Waals surface area contributed by atoms with Crippen molar-refractivity contribution in [3.05, 3.63) is 53.8 Å². The molecule has 0 aliphatic carbocycles. The lowest BCUT2D eigenvalue weighted by Gasteiger charge is -2.34. The van der Waals surface area contributed by atoms with Gasteiger partial charge in [-0.05, 0) is 54.8 Å². The van der Waals surface area contributed by atoms with Gasteiger partial charge in [-0.1, -0.05) is 6.07 Å². The molecule has 2 heterocycles. The van der Waals surface area contributed by atoms with E-state index >= 15 is 0 Å². The first-order valence-corrected chi connectivity index (χ1v) is 11.4. The Balaban J connectivity index is 1.38. The van der Waals surface area contributed by atoms with Crippen LogP contribution in [0.1, 0.15) is 18.4 Å². The Morgan fingerprint density at radius 3 is 2.71 bits per heavy atom. The molecule has 0 saturated carbocycles. The fourth-order valence-electron chi connectivity index (χ4n) is 3.71. The van der Waals surface area contributed by atoms with Crippen LogP contribution >= 0.6 is 0 Å². The molecule has 0 spiro atoms. The van der Waals surface area contributed by atoms with E-state index in [0.29, 0.717) is 43.1 Å². The molecule has 0 radical (unpaired) electrons. The van der Waals surface area contributed by atoms with Crippen LogP contribution in [0.2, 0.25) is 0 Å². The van der Waals surface area contributed by atoms with Crippen LogP contribution in [0, 0.1) is 11.7 Å². The minimum absolute atomic E-state index is 0.0981. The number of halogens is 1. The predicted octanol–water partition coefficient (Wildman–Crippen LogP) is 2.26. The Morgan fingerprint density at radius 1 is 1.19 bits per heavy atom. The average molecular weight is 450 g/mol. The van der Waals surface area contributed by atoms with Crippen molar-refractivity contribution in [2.45, 2.75) is 19.4 Å². The van der Waals surface area contributed by atoms with Gasteiger partial charge >= 0.3 is 10.2 Å². The van der Waals surface area contributed by atoms with Crippen molar-refractivity contribution in [3.8, 4) is 11.5 Å². The molecule has 0 unspecified atom stereocenters. The topological polar surface area (TPSA) is 88.2 Å². The van der Waals surface area contributed by atoms with Gasteiger partial charge in [-0.25, -0.2) is 4.39 Å². The number of ether oxygens (including phenoxy) is 2. The van der Waals surface area contributed by atoms with Gasteiger partial charge in [0.1, 0.15) is 5.82 Å². The highest BCUT2D eigenvalue weighted by Gasteiger charge is 2.34. The molecule has 166 valence electrons. The minimum atomic E-state index is -3.83. The third kappa shape index (κ3) is 4.59. The molecule has 0 aromatic heterocycles. The van der Waals surface area contributed by atoms with Crippen LogP contribution in [0.4, 0.5) is 10.1 Å². The van der Waals surface area contributed by atoms with Crippen LogP contribution in [0.3, 0.4) is 0 Å². The summed E-state index contributed by atoms with van der Waals surface area (Å²) in [5.41, 5.74) is 1.23. The normalized spacial score (nSPS) is 18.6. The van der Waals surface area contributed by atoms with E-state index in [9.17, 15) is 17.6 Å². The Labute approximate surface area is 180 Å². The summed E-state index contributed by atoms with van der Waals surface area (Å²) in [6.07, 6.45) is 1.19. The highest BCUT2D eigenvalue weighted by atomic mass is 32.2. The van der Waals surface area contributed by atoms with E-state index in [0.717, 1.165) is 9.87 Å². The lowest BCUT2D eigenvalue weighted by atomic mass is 9.98. The van der Waals surface area contributed by atoms with E-state index in [-0.39, 0.29) is 19.2 Å². The number of amides is 1. The standard InChI is InChI=1S/C21H24FN3O5S/c1-24(18-7-5-17(22)6-8-18)31(27,28)25-10-2-3-16(13-25)21(26)23-12-15-4-9-19-20(11-15)30-14-29-19/h4-9,11,16H,2-3,10,12-14H2,1H3,(H,23,26)/t16-/m1/s1. The zero-order chi connectivity index (χ0) is 22.0. The molecule has 1 N–H and O–H groups in total. The third-order valence-corrected chi connectivity index (χ3v) is 7.41. The number of piperidine rings is 1. The quantitative estimate of drug-likeness (QED) is 0.731. The first kappa shape index (κ1) is 21.4. The largest absolute Gasteiger partial charge is 0.454 e. The predicted molar refractivity (Wildman–Crippen MR) is 112 cm³/mol. The fraction of sp³-hybridized carbons (Fsp3) is 0.381. The zero-order valence-corrected chi connectivity index (χ0v) is 17.9. The summed E-state index contributed by atoms with van der Waals surface area (Å²) < 4.78 is 52.3. The fourth-order valence-corrected chi connectivity index (χ4v) is 5.17. The number of nitrogens with zero attached hydrogens (tertiary/aromatic N) is 2. The average Bonchev–Trinajstić information content (AvgIpc) is 3.25. The highest BCUT2D eigenvalue weighted by Crippen LogP contribution is 2.32. The number of hydrogen-bond acceptors (Lipinski definition) is 5. The first-order chi connectivity index (χ1) is 14.8. The SMILES string of the molecule is CN(c1ccc(F)cc1)S(=O)(=O)N1CCC[C@@H](C(=O)NCc2ccc3c(c2)OCO3)C1. The smallest absolute Gasteiger partial charge is 0.303 e. The van der Waals surface area contributed by atoms with Gasteiger partial charge in [-0.3, -0.25) is 9.10 Å². The summed E-state index contributed by atoms with van der Waals surface area (Å²) >= 11 is 0. The lowest BCUT2D eigenvalue weighted by molar-refractivity contribution is -0.126. The third-order valence-electron chi connectivity index (χ3n) is 5.52. The van der Waals surface area contributed by atoms with Gasteiger partial charge in [-0.2, -0.15) is 12.7 Å². The summed E-state index contributed by atoms with van der Waals surface area (Å²) in [5, 5.41) is 2.89. The second-order valence-electron chi connectivity index (χ2n) is 7.55. The molecule has 8 nitrogen and oxygen atoms in total. The molecule has 10 heteroatoms. The van der Waals surface area contributed by atoms with Crippen LogP contribution in [0.5, 0.6) is 11.5 Å². The van der Waals surface area contributed by atoms with Crippen LogP contribution in [0.25, 0.3) is 0 Å². The van der Waals surface area contributed by atoms with Crippen LogP contribution in [-0.2, 0) is 21.5 Å². The molecular formula is C21H24FN3O5S. The van der Waals surface area contributed by atoms with E-state index in [1.807, 2.05) is 12.1 Å². The number of benzene rings is 2. The molecular weight excluding hydrogens is 425 g/mol.